The number of nitrogens with zero attached hydrogens (tertiary/aromatic N) is 4. The molecular formula is C16H16ClN5O4S2. The summed E-state index contributed by atoms with van der Waals surface area (Å²) in [6, 6.07) is 5.29. The van der Waals surface area contributed by atoms with Gasteiger partial charge in [0.05, 0.1) is 29.8 Å². The highest BCUT2D eigenvalue weighted by Gasteiger charge is 2.28. The summed E-state index contributed by atoms with van der Waals surface area (Å²) in [7, 11) is -3.69. The van der Waals surface area contributed by atoms with Crippen molar-refractivity contribution in [3.05, 3.63) is 35.7 Å². The second-order valence-electron chi connectivity index (χ2n) is 6.08. The minimum absolute atomic E-state index is 0.0810. The van der Waals surface area contributed by atoms with Crippen LogP contribution in [0.1, 0.15) is 0 Å². The van der Waals surface area contributed by atoms with E-state index in [1.165, 1.54) is 32.7 Å². The molecule has 0 aliphatic carbocycles. The quantitative estimate of drug-likeness (QED) is 0.647. The normalized spacial score (nSPS) is 15.8. The average Bonchev–Trinajstić information content (AvgIpc) is 3.28. The lowest BCUT2D eigenvalue weighted by Gasteiger charge is -2.24. The first kappa shape index (κ1) is 19.3. The molecule has 0 unspecified atom stereocenters. The van der Waals surface area contributed by atoms with Crippen molar-refractivity contribution >= 4 is 54.2 Å². The van der Waals surface area contributed by atoms with Gasteiger partial charge in [0.2, 0.25) is 5.91 Å². The summed E-state index contributed by atoms with van der Waals surface area (Å²) in [4.78, 5) is 20.6. The van der Waals surface area contributed by atoms with E-state index in [-0.39, 0.29) is 30.6 Å². The van der Waals surface area contributed by atoms with Crippen LogP contribution in [0.25, 0.3) is 10.2 Å². The molecule has 0 spiro atoms. The number of amides is 1. The smallest absolute Gasteiger partial charge is 0.262 e. The number of rotatable bonds is 5. The summed E-state index contributed by atoms with van der Waals surface area (Å²) in [5.41, 5.74) is 0.742. The number of thiazole rings is 1. The standard InChI is InChI=1S/C16H16ClN5O4S2/c17-11-1-2-12-13(7-11)27-16(19-12)20-14(23)8-21-9-15(18-10-21)28(24,25)22-3-5-26-6-4-22/h1-2,7,9-10H,3-6,8H2,(H,19,20,23). The topological polar surface area (TPSA) is 106 Å². The van der Waals surface area contributed by atoms with E-state index in [2.05, 4.69) is 15.3 Å². The van der Waals surface area contributed by atoms with Crippen LogP contribution in [-0.4, -0.2) is 59.5 Å². The van der Waals surface area contributed by atoms with Gasteiger partial charge in [-0.1, -0.05) is 22.9 Å². The third-order valence-electron chi connectivity index (χ3n) is 4.11. The Morgan fingerprint density at radius 3 is 2.89 bits per heavy atom. The zero-order valence-corrected chi connectivity index (χ0v) is 16.9. The molecule has 4 rings (SSSR count). The molecule has 0 saturated carbocycles. The molecular weight excluding hydrogens is 426 g/mol. The number of ether oxygens (including phenoxy) is 1. The predicted octanol–water partition coefficient (Wildman–Crippen LogP) is 1.81. The van der Waals surface area contributed by atoms with Crippen LogP contribution < -0.4 is 5.32 Å². The molecule has 1 aromatic carbocycles. The van der Waals surface area contributed by atoms with Crippen LogP contribution in [0.4, 0.5) is 5.13 Å². The zero-order chi connectivity index (χ0) is 19.7. The van der Waals surface area contributed by atoms with E-state index in [1.54, 1.807) is 18.2 Å². The van der Waals surface area contributed by atoms with Crippen molar-refractivity contribution in [1.29, 1.82) is 0 Å². The zero-order valence-electron chi connectivity index (χ0n) is 14.5. The SMILES string of the molecule is O=C(Cn1cnc(S(=O)(=O)N2CCOCC2)c1)Nc1nc2ccc(Cl)cc2s1. The van der Waals surface area contributed by atoms with Crippen molar-refractivity contribution in [2.45, 2.75) is 11.6 Å². The Morgan fingerprint density at radius 1 is 1.32 bits per heavy atom. The molecule has 12 heteroatoms. The van der Waals surface area contributed by atoms with Crippen LogP contribution in [0.15, 0.2) is 35.7 Å². The van der Waals surface area contributed by atoms with E-state index >= 15 is 0 Å². The van der Waals surface area contributed by atoms with Crippen LogP contribution in [-0.2, 0) is 26.1 Å². The number of carbonyl (C=O) groups excluding carboxylic acids is 1. The molecule has 2 aromatic heterocycles. The summed E-state index contributed by atoms with van der Waals surface area (Å²) < 4.78 is 34.0. The lowest BCUT2D eigenvalue weighted by molar-refractivity contribution is -0.116. The summed E-state index contributed by atoms with van der Waals surface area (Å²) in [6.07, 6.45) is 2.67. The lowest BCUT2D eigenvalue weighted by Crippen LogP contribution is -2.40. The van der Waals surface area contributed by atoms with Crippen LogP contribution >= 0.6 is 22.9 Å². The van der Waals surface area contributed by atoms with Crippen LogP contribution in [0, 0.1) is 0 Å². The van der Waals surface area contributed by atoms with E-state index in [0.717, 1.165) is 10.2 Å². The van der Waals surface area contributed by atoms with Crippen molar-refractivity contribution in [1.82, 2.24) is 18.8 Å². The molecule has 3 aromatic rings. The summed E-state index contributed by atoms with van der Waals surface area (Å²) in [5.74, 6) is -0.335. The Hall–Kier alpha value is -2.05. The molecule has 1 aliphatic heterocycles. The Kier molecular flexibility index (Phi) is 5.34. The molecule has 148 valence electrons. The molecule has 0 bridgehead atoms. The van der Waals surface area contributed by atoms with Crippen molar-refractivity contribution < 1.29 is 17.9 Å². The van der Waals surface area contributed by atoms with Gasteiger partial charge in [-0.25, -0.2) is 18.4 Å². The monoisotopic (exact) mass is 441 g/mol. The van der Waals surface area contributed by atoms with Crippen molar-refractivity contribution in [2.24, 2.45) is 0 Å². The maximum Gasteiger partial charge on any atom is 0.262 e. The fourth-order valence-electron chi connectivity index (χ4n) is 2.76. The second-order valence-corrected chi connectivity index (χ2v) is 9.43. The molecule has 1 aliphatic rings. The second kappa shape index (κ2) is 7.76. The van der Waals surface area contributed by atoms with E-state index in [9.17, 15) is 13.2 Å². The third-order valence-corrected chi connectivity index (χ3v) is 7.06. The van der Waals surface area contributed by atoms with Crippen molar-refractivity contribution in [2.75, 3.05) is 31.6 Å². The summed E-state index contributed by atoms with van der Waals surface area (Å²) in [6.45, 7) is 1.21. The number of halogens is 1. The number of sulfonamides is 1. The molecule has 9 nitrogen and oxygen atoms in total. The Bertz CT molecular complexity index is 1120. The molecule has 28 heavy (non-hydrogen) atoms. The van der Waals surface area contributed by atoms with Crippen LogP contribution in [0.2, 0.25) is 5.02 Å². The fourth-order valence-corrected chi connectivity index (χ4v) is 5.26. The van der Waals surface area contributed by atoms with Gasteiger partial charge >= 0.3 is 0 Å². The van der Waals surface area contributed by atoms with Gasteiger partial charge in [0.15, 0.2) is 10.2 Å². The maximum absolute atomic E-state index is 12.6. The van der Waals surface area contributed by atoms with Gasteiger partial charge in [-0.2, -0.15) is 4.31 Å². The van der Waals surface area contributed by atoms with E-state index in [1.807, 2.05) is 0 Å². The van der Waals surface area contributed by atoms with E-state index in [0.29, 0.717) is 23.4 Å². The fraction of sp³-hybridized carbons (Fsp3) is 0.312. The highest BCUT2D eigenvalue weighted by molar-refractivity contribution is 7.89. The maximum atomic E-state index is 12.6. The number of morpholine rings is 1. The van der Waals surface area contributed by atoms with Gasteiger partial charge in [-0.15, -0.1) is 0 Å². The van der Waals surface area contributed by atoms with Gasteiger partial charge < -0.3 is 14.6 Å². The number of imidazole rings is 1. The molecule has 0 radical (unpaired) electrons. The average molecular weight is 442 g/mol. The first-order chi connectivity index (χ1) is 13.4. The number of hydrogen-bond donors (Lipinski definition) is 1. The number of benzene rings is 1. The van der Waals surface area contributed by atoms with Crippen LogP contribution in [0.5, 0.6) is 0 Å². The highest BCUT2D eigenvalue weighted by Crippen LogP contribution is 2.28. The first-order valence-electron chi connectivity index (χ1n) is 8.37. The number of hydrogen-bond acceptors (Lipinski definition) is 7. The Morgan fingerprint density at radius 2 is 2.11 bits per heavy atom. The molecule has 1 N–H and O–H groups in total. The minimum Gasteiger partial charge on any atom is -0.379 e. The third kappa shape index (κ3) is 4.03. The Labute approximate surface area is 170 Å². The molecule has 0 atom stereocenters. The van der Waals surface area contributed by atoms with Gasteiger partial charge in [0, 0.05) is 24.3 Å². The number of aromatic nitrogens is 3. The van der Waals surface area contributed by atoms with Gasteiger partial charge in [0.1, 0.15) is 6.54 Å². The molecule has 1 fully saturated rings. The highest BCUT2D eigenvalue weighted by atomic mass is 35.5. The van der Waals surface area contributed by atoms with E-state index in [4.69, 9.17) is 16.3 Å². The summed E-state index contributed by atoms with van der Waals surface area (Å²) in [5, 5.41) is 3.67. The lowest BCUT2D eigenvalue weighted by atomic mass is 10.3. The number of carbonyl (C=O) groups is 1. The molecule has 1 saturated heterocycles. The number of fused-ring (bicyclic) bond motifs is 1. The molecule has 1 amide bonds. The van der Waals surface area contributed by atoms with Gasteiger partial charge in [0.25, 0.3) is 10.0 Å². The molecule has 3 heterocycles. The summed E-state index contributed by atoms with van der Waals surface area (Å²) >= 11 is 7.27. The van der Waals surface area contributed by atoms with Gasteiger partial charge in [-0.3, -0.25) is 4.79 Å². The largest absolute Gasteiger partial charge is 0.379 e. The minimum atomic E-state index is -3.69. The van der Waals surface area contributed by atoms with Crippen molar-refractivity contribution in [3.8, 4) is 0 Å². The number of nitrogens with one attached hydrogen (secondary N) is 1. The predicted molar refractivity (Wildman–Crippen MR) is 105 cm³/mol. The van der Waals surface area contributed by atoms with Gasteiger partial charge in [-0.05, 0) is 18.2 Å². The Balaban J connectivity index is 1.43. The van der Waals surface area contributed by atoms with E-state index < -0.39 is 10.0 Å². The number of anilines is 1. The van der Waals surface area contributed by atoms with Crippen LogP contribution in [0.3, 0.4) is 0 Å². The van der Waals surface area contributed by atoms with Crippen molar-refractivity contribution in [3.63, 3.8) is 0 Å². The first-order valence-corrected chi connectivity index (χ1v) is 11.0.